The third-order valence-corrected chi connectivity index (χ3v) is 5.64. The van der Waals surface area contributed by atoms with Gasteiger partial charge in [0.15, 0.2) is 11.4 Å². The average Bonchev–Trinajstić information content (AvgIpc) is 3.60. The second-order valence-electron chi connectivity index (χ2n) is 8.72. The van der Waals surface area contributed by atoms with Crippen molar-refractivity contribution in [1.82, 2.24) is 29.9 Å². The van der Waals surface area contributed by atoms with E-state index in [1.54, 1.807) is 12.4 Å². The van der Waals surface area contributed by atoms with Crippen LogP contribution in [-0.4, -0.2) is 64.0 Å². The Hall–Kier alpha value is -5.15. The summed E-state index contributed by atoms with van der Waals surface area (Å²) in [6.45, 7) is 3.75. The van der Waals surface area contributed by atoms with Gasteiger partial charge in [0.2, 0.25) is 0 Å². The Morgan fingerprint density at radius 1 is 0.698 bits per heavy atom. The molecule has 225 valence electrons. The number of aromatic amines is 2. The van der Waals surface area contributed by atoms with E-state index in [1.165, 1.54) is 0 Å². The van der Waals surface area contributed by atoms with Crippen LogP contribution >= 0.6 is 0 Å². The van der Waals surface area contributed by atoms with Crippen LogP contribution in [0, 0.1) is 0 Å². The number of hydrogen-bond acceptors (Lipinski definition) is 10. The largest absolute Gasteiger partial charge is 2.00 e. The van der Waals surface area contributed by atoms with E-state index in [0.717, 1.165) is 34.6 Å². The average molecular weight is 633 g/mol. The van der Waals surface area contributed by atoms with Crippen LogP contribution in [0.3, 0.4) is 0 Å². The van der Waals surface area contributed by atoms with E-state index in [0.29, 0.717) is 24.5 Å². The van der Waals surface area contributed by atoms with Crippen molar-refractivity contribution in [1.29, 1.82) is 0 Å². The van der Waals surface area contributed by atoms with Gasteiger partial charge in [0, 0.05) is 36.0 Å². The number of aromatic nitrogens is 6. The van der Waals surface area contributed by atoms with Gasteiger partial charge in [-0.15, -0.1) is 0 Å². The van der Waals surface area contributed by atoms with Gasteiger partial charge >= 0.3 is 28.7 Å². The van der Waals surface area contributed by atoms with Crippen LogP contribution in [-0.2, 0) is 29.6 Å². The second-order valence-corrected chi connectivity index (χ2v) is 8.72. The number of carbonyl (C=O) groups excluding carboxylic acids is 2. The van der Waals surface area contributed by atoms with Crippen molar-refractivity contribution in [3.63, 3.8) is 0 Å². The zero-order valence-corrected chi connectivity index (χ0v) is 24.0. The van der Waals surface area contributed by atoms with Crippen LogP contribution in [0.5, 0.6) is 0 Å². The number of imidazole rings is 2. The summed E-state index contributed by atoms with van der Waals surface area (Å²) in [5.74, 6) is -5.16. The molecule has 0 unspecified atom stereocenters. The Morgan fingerprint density at radius 3 is 1.35 bits per heavy atom. The molecule has 0 aliphatic rings. The van der Waals surface area contributed by atoms with E-state index in [9.17, 15) is 29.4 Å². The first-order chi connectivity index (χ1) is 20.1. The van der Waals surface area contributed by atoms with Gasteiger partial charge in [0.25, 0.3) is 0 Å². The minimum absolute atomic E-state index is 0. The molecule has 0 aliphatic carbocycles. The Bertz CT molecular complexity index is 1560. The number of benzene rings is 1. The number of carbonyl (C=O) groups is 4. The molecule has 4 aromatic heterocycles. The molecule has 0 aliphatic heterocycles. The van der Waals surface area contributed by atoms with E-state index in [1.807, 2.05) is 26.0 Å². The monoisotopic (exact) mass is 633 g/mol. The summed E-state index contributed by atoms with van der Waals surface area (Å²) in [4.78, 5) is 62.9. The van der Waals surface area contributed by atoms with Crippen LogP contribution in [0.2, 0.25) is 0 Å². The number of nitrogens with one attached hydrogen (secondary N) is 2. The molecule has 0 spiro atoms. The van der Waals surface area contributed by atoms with Crippen molar-refractivity contribution in [2.45, 2.75) is 39.5 Å². The molecular weight excluding hydrogens is 607 g/mol. The molecule has 0 amide bonds. The Kier molecular flexibility index (Phi) is 12.5. The maximum Gasteiger partial charge on any atom is 2.00 e. The van der Waals surface area contributed by atoms with E-state index in [-0.39, 0.29) is 16.8 Å². The number of aryl methyl sites for hydroxylation is 2. The molecule has 5 aromatic rings. The smallest absolute Gasteiger partial charge is 0.543 e. The van der Waals surface area contributed by atoms with Crippen LogP contribution in [0.4, 0.5) is 0 Å². The molecule has 0 atom stereocenters. The maximum atomic E-state index is 10.6. The van der Waals surface area contributed by atoms with Gasteiger partial charge < -0.3 is 40.0 Å². The van der Waals surface area contributed by atoms with Crippen molar-refractivity contribution in [3.8, 4) is 0 Å². The summed E-state index contributed by atoms with van der Waals surface area (Å²) in [5.41, 5.74) is 0.0278. The third-order valence-electron chi connectivity index (χ3n) is 5.64. The fourth-order valence-corrected chi connectivity index (χ4v) is 3.84. The van der Waals surface area contributed by atoms with Crippen LogP contribution in [0.25, 0.3) is 21.8 Å². The fourth-order valence-electron chi connectivity index (χ4n) is 3.84. The van der Waals surface area contributed by atoms with Crippen molar-refractivity contribution in [2.24, 2.45) is 0 Å². The summed E-state index contributed by atoms with van der Waals surface area (Å²) < 4.78 is 0. The van der Waals surface area contributed by atoms with E-state index in [4.69, 9.17) is 10.2 Å². The molecular formula is C28H26CoN6O8. The molecule has 1 radical (unpaired) electrons. The first-order valence-electron chi connectivity index (χ1n) is 12.7. The van der Waals surface area contributed by atoms with Crippen molar-refractivity contribution in [3.05, 3.63) is 83.2 Å². The Balaban J connectivity index is 0.000000223. The molecule has 14 nitrogen and oxygen atoms in total. The summed E-state index contributed by atoms with van der Waals surface area (Å²) >= 11 is 0. The van der Waals surface area contributed by atoms with Crippen LogP contribution in [0.1, 0.15) is 80.3 Å². The SMILES string of the molecule is CCCc1nc(C(=O)[O-])c(C(=O)O)[nH]1.CCCc1nc(C(=O)[O-])c(C(=O)O)[nH]1.[Co+2].c1cnc2c(c1)ccc1cccnc12. The van der Waals surface area contributed by atoms with E-state index >= 15 is 0 Å². The minimum atomic E-state index is -1.58. The number of nitrogens with zero attached hydrogens (tertiary/aromatic N) is 4. The number of carboxylic acid groups (broad SMARTS) is 4. The number of fused-ring (bicyclic) bond motifs is 3. The normalized spacial score (nSPS) is 10.1. The first-order valence-corrected chi connectivity index (χ1v) is 12.7. The van der Waals surface area contributed by atoms with Gasteiger partial charge in [-0.05, 0) is 25.0 Å². The topological polar surface area (TPSA) is 238 Å². The second kappa shape index (κ2) is 15.7. The molecule has 5 rings (SSSR count). The van der Waals surface area contributed by atoms with Crippen molar-refractivity contribution in [2.75, 3.05) is 0 Å². The first kappa shape index (κ1) is 34.0. The quantitative estimate of drug-likeness (QED) is 0.178. The maximum absolute atomic E-state index is 10.6. The standard InChI is InChI=1S/C12H8N2.2C8H10N2O4.Co/c1-3-9-5-6-10-4-2-8-14-12(10)11(9)13-7-1;2*1-2-3-4-9-5(7(11)12)6(10-4)8(13)14;/h1-8H;2*2-3H2,1H3,(H,9,10)(H,11,12)(H,13,14);/q;;;+2/p-2. The summed E-state index contributed by atoms with van der Waals surface area (Å²) in [5, 5.41) is 40.5. The molecule has 0 saturated heterocycles. The van der Waals surface area contributed by atoms with Gasteiger partial charge in [-0.1, -0.05) is 38.1 Å². The minimum Gasteiger partial charge on any atom is -0.543 e. The number of H-pyrrole nitrogens is 2. The van der Waals surface area contributed by atoms with Gasteiger partial charge in [0.05, 0.1) is 23.0 Å². The predicted octanol–water partition coefficient (Wildman–Crippen LogP) is 1.63. The number of pyridine rings is 2. The predicted molar refractivity (Wildman–Crippen MR) is 145 cm³/mol. The van der Waals surface area contributed by atoms with Gasteiger partial charge in [-0.3, -0.25) is 9.97 Å². The number of aromatic carboxylic acids is 4. The number of carboxylic acids is 4. The summed E-state index contributed by atoms with van der Waals surface area (Å²) in [6.07, 6.45) is 6.12. The number of hydrogen-bond donors (Lipinski definition) is 4. The van der Waals surface area contributed by atoms with E-state index < -0.39 is 46.7 Å². The molecule has 4 heterocycles. The van der Waals surface area contributed by atoms with Crippen LogP contribution < -0.4 is 10.2 Å². The molecule has 0 bridgehead atoms. The van der Waals surface area contributed by atoms with Gasteiger partial charge in [0.1, 0.15) is 23.0 Å². The summed E-state index contributed by atoms with van der Waals surface area (Å²) in [7, 11) is 0. The third kappa shape index (κ3) is 8.67. The molecule has 4 N–H and O–H groups in total. The zero-order valence-electron chi connectivity index (χ0n) is 22.9. The molecule has 0 fully saturated rings. The molecule has 1 aromatic carbocycles. The molecule has 43 heavy (non-hydrogen) atoms. The Labute approximate surface area is 254 Å². The van der Waals surface area contributed by atoms with Gasteiger partial charge in [-0.25, -0.2) is 19.6 Å². The molecule has 0 saturated carbocycles. The fraction of sp³-hybridized carbons (Fsp3) is 0.214. The Morgan fingerprint density at radius 2 is 1.07 bits per heavy atom. The number of rotatable bonds is 8. The zero-order chi connectivity index (χ0) is 30.8. The van der Waals surface area contributed by atoms with Gasteiger partial charge in [-0.2, -0.15) is 0 Å². The summed E-state index contributed by atoms with van der Waals surface area (Å²) in [6, 6.07) is 12.1. The van der Waals surface area contributed by atoms with E-state index in [2.05, 4.69) is 54.2 Å². The van der Waals surface area contributed by atoms with Crippen LogP contribution in [0.15, 0.2) is 48.8 Å². The van der Waals surface area contributed by atoms with Crippen molar-refractivity contribution < 1.29 is 56.4 Å². The molecule has 15 heteroatoms. The van der Waals surface area contributed by atoms with Crippen molar-refractivity contribution >= 4 is 45.7 Å².